The van der Waals surface area contributed by atoms with Gasteiger partial charge in [0.1, 0.15) is 11.5 Å². The molecule has 0 aliphatic carbocycles. The number of rotatable bonds is 4. The van der Waals surface area contributed by atoms with E-state index in [1.807, 2.05) is 44.3 Å². The van der Waals surface area contributed by atoms with E-state index in [0.717, 1.165) is 32.6 Å². The number of hydrogen-bond acceptors (Lipinski definition) is 2. The van der Waals surface area contributed by atoms with Gasteiger partial charge < -0.3 is 10.1 Å². The normalized spacial score (nSPS) is 10.5. The Morgan fingerprint density at radius 3 is 2.53 bits per heavy atom. The first-order valence-electron chi connectivity index (χ1n) is 5.97. The molecule has 0 bridgehead atoms. The van der Waals surface area contributed by atoms with E-state index in [1.54, 1.807) is 0 Å². The molecule has 0 unspecified atom stereocenters. The zero-order valence-electron chi connectivity index (χ0n) is 10.8. The Morgan fingerprint density at radius 2 is 1.89 bits per heavy atom. The van der Waals surface area contributed by atoms with Crippen molar-refractivity contribution in [3.63, 3.8) is 0 Å². The lowest BCUT2D eigenvalue weighted by molar-refractivity contribution is 0.478. The van der Waals surface area contributed by atoms with Gasteiger partial charge in [0.25, 0.3) is 0 Å². The molecule has 0 spiro atoms. The van der Waals surface area contributed by atoms with Crippen molar-refractivity contribution in [2.75, 3.05) is 7.05 Å². The maximum absolute atomic E-state index is 5.91. The monoisotopic (exact) mass is 383 g/mol. The summed E-state index contributed by atoms with van der Waals surface area (Å²) in [5, 5.41) is 3.13. The minimum atomic E-state index is 0.831. The molecule has 0 heterocycles. The van der Waals surface area contributed by atoms with Crippen LogP contribution in [-0.4, -0.2) is 7.05 Å². The number of halogens is 2. The van der Waals surface area contributed by atoms with Crippen molar-refractivity contribution in [3.8, 4) is 11.5 Å². The van der Waals surface area contributed by atoms with Crippen molar-refractivity contribution in [2.45, 2.75) is 13.5 Å². The fraction of sp³-hybridized carbons (Fsp3) is 0.200. The lowest BCUT2D eigenvalue weighted by Gasteiger charge is -2.11. The van der Waals surface area contributed by atoms with Crippen molar-refractivity contribution < 1.29 is 4.74 Å². The summed E-state index contributed by atoms with van der Waals surface area (Å²) in [4.78, 5) is 0. The van der Waals surface area contributed by atoms with Crippen molar-refractivity contribution in [1.29, 1.82) is 0 Å². The third-order valence-electron chi connectivity index (χ3n) is 2.76. The average Bonchev–Trinajstić information content (AvgIpc) is 2.36. The molecule has 2 aromatic carbocycles. The molecule has 0 fully saturated rings. The first-order valence-corrected chi connectivity index (χ1v) is 7.56. The van der Waals surface area contributed by atoms with E-state index in [9.17, 15) is 0 Å². The van der Waals surface area contributed by atoms with Crippen LogP contribution in [0.3, 0.4) is 0 Å². The first kappa shape index (κ1) is 14.6. The maximum atomic E-state index is 5.91. The molecule has 0 aliphatic rings. The van der Waals surface area contributed by atoms with Crippen molar-refractivity contribution >= 4 is 31.9 Å². The summed E-state index contributed by atoms with van der Waals surface area (Å²) in [5.74, 6) is 1.70. The van der Waals surface area contributed by atoms with E-state index < -0.39 is 0 Å². The highest BCUT2D eigenvalue weighted by molar-refractivity contribution is 9.10. The highest BCUT2D eigenvalue weighted by Crippen LogP contribution is 2.30. The van der Waals surface area contributed by atoms with Crippen LogP contribution >= 0.6 is 31.9 Å². The van der Waals surface area contributed by atoms with Gasteiger partial charge in [-0.3, -0.25) is 0 Å². The molecule has 0 aliphatic heterocycles. The van der Waals surface area contributed by atoms with Gasteiger partial charge in [-0.25, -0.2) is 0 Å². The second kappa shape index (κ2) is 6.55. The third-order valence-corrected chi connectivity index (χ3v) is 3.99. The van der Waals surface area contributed by atoms with Gasteiger partial charge >= 0.3 is 0 Å². The quantitative estimate of drug-likeness (QED) is 0.797. The lowest BCUT2D eigenvalue weighted by Crippen LogP contribution is -2.05. The molecule has 2 aromatic rings. The summed E-state index contributed by atoms with van der Waals surface area (Å²) < 4.78 is 8.02. The molecular formula is C15H15Br2NO. The Hall–Kier alpha value is -0.840. The summed E-state index contributed by atoms with van der Waals surface area (Å²) >= 11 is 7.01. The summed E-state index contributed by atoms with van der Waals surface area (Å²) in [5.41, 5.74) is 2.31. The van der Waals surface area contributed by atoms with Crippen molar-refractivity contribution in [3.05, 3.63) is 56.5 Å². The molecule has 0 saturated carbocycles. The fourth-order valence-electron chi connectivity index (χ4n) is 1.78. The number of hydrogen-bond donors (Lipinski definition) is 1. The Kier molecular flexibility index (Phi) is 5.02. The van der Waals surface area contributed by atoms with Gasteiger partial charge in [-0.1, -0.05) is 37.9 Å². The first-order chi connectivity index (χ1) is 9.10. The SMILES string of the molecule is CNCc1ccc(Oc2ccc(Br)cc2C)cc1Br. The minimum Gasteiger partial charge on any atom is -0.457 e. The molecule has 0 aromatic heterocycles. The van der Waals surface area contributed by atoms with E-state index in [2.05, 4.69) is 43.2 Å². The van der Waals surface area contributed by atoms with Gasteiger partial charge in [-0.05, 0) is 55.4 Å². The molecule has 100 valence electrons. The topological polar surface area (TPSA) is 21.3 Å². The number of aryl methyl sites for hydroxylation is 1. The summed E-state index contributed by atoms with van der Waals surface area (Å²) in [6.07, 6.45) is 0. The highest BCUT2D eigenvalue weighted by atomic mass is 79.9. The standard InChI is InChI=1S/C15H15Br2NO/c1-10-7-12(16)4-6-15(10)19-13-5-3-11(9-18-2)14(17)8-13/h3-8,18H,9H2,1-2H3. The van der Waals surface area contributed by atoms with Crippen molar-refractivity contribution in [2.24, 2.45) is 0 Å². The van der Waals surface area contributed by atoms with Crippen LogP contribution in [0.15, 0.2) is 45.3 Å². The predicted octanol–water partition coefficient (Wildman–Crippen LogP) is 5.03. The lowest BCUT2D eigenvalue weighted by atomic mass is 10.2. The summed E-state index contributed by atoms with van der Waals surface area (Å²) in [7, 11) is 1.93. The number of benzene rings is 2. The third kappa shape index (κ3) is 3.81. The molecular weight excluding hydrogens is 370 g/mol. The molecule has 19 heavy (non-hydrogen) atoms. The van der Waals surface area contributed by atoms with Crippen LogP contribution in [0.1, 0.15) is 11.1 Å². The van der Waals surface area contributed by atoms with E-state index in [4.69, 9.17) is 4.74 Å². The Labute approximate surface area is 130 Å². The minimum absolute atomic E-state index is 0.831. The van der Waals surface area contributed by atoms with Gasteiger partial charge in [0.2, 0.25) is 0 Å². The fourth-order valence-corrected chi connectivity index (χ4v) is 2.75. The van der Waals surface area contributed by atoms with Crippen molar-refractivity contribution in [1.82, 2.24) is 5.32 Å². The van der Waals surface area contributed by atoms with Crippen LogP contribution in [-0.2, 0) is 6.54 Å². The molecule has 4 heteroatoms. The smallest absolute Gasteiger partial charge is 0.130 e. The number of nitrogens with one attached hydrogen (secondary N) is 1. The van der Waals surface area contributed by atoms with Crippen LogP contribution in [0.5, 0.6) is 11.5 Å². The van der Waals surface area contributed by atoms with Gasteiger partial charge in [-0.2, -0.15) is 0 Å². The molecule has 2 nitrogen and oxygen atoms in total. The van der Waals surface area contributed by atoms with Gasteiger partial charge in [-0.15, -0.1) is 0 Å². The van der Waals surface area contributed by atoms with Crippen LogP contribution in [0, 0.1) is 6.92 Å². The molecule has 0 atom stereocenters. The second-order valence-corrected chi connectivity index (χ2v) is 6.07. The maximum Gasteiger partial charge on any atom is 0.130 e. The molecule has 0 saturated heterocycles. The van der Waals surface area contributed by atoms with Gasteiger partial charge in [0.05, 0.1) is 0 Å². The van der Waals surface area contributed by atoms with Crippen LogP contribution in [0.4, 0.5) is 0 Å². The van der Waals surface area contributed by atoms with Crippen LogP contribution in [0.2, 0.25) is 0 Å². The van der Waals surface area contributed by atoms with Gasteiger partial charge in [0.15, 0.2) is 0 Å². The Bertz CT molecular complexity index is 584. The molecule has 0 amide bonds. The van der Waals surface area contributed by atoms with E-state index >= 15 is 0 Å². The van der Waals surface area contributed by atoms with E-state index in [0.29, 0.717) is 0 Å². The zero-order valence-corrected chi connectivity index (χ0v) is 14.0. The van der Waals surface area contributed by atoms with Crippen LogP contribution < -0.4 is 10.1 Å². The van der Waals surface area contributed by atoms with Crippen LogP contribution in [0.25, 0.3) is 0 Å². The second-order valence-electron chi connectivity index (χ2n) is 4.30. The van der Waals surface area contributed by atoms with E-state index in [1.165, 1.54) is 5.56 Å². The number of ether oxygens (including phenoxy) is 1. The van der Waals surface area contributed by atoms with E-state index in [-0.39, 0.29) is 0 Å². The Morgan fingerprint density at radius 1 is 1.11 bits per heavy atom. The average molecular weight is 385 g/mol. The predicted molar refractivity (Wildman–Crippen MR) is 85.9 cm³/mol. The van der Waals surface area contributed by atoms with Gasteiger partial charge in [0, 0.05) is 15.5 Å². The molecule has 2 rings (SSSR count). The summed E-state index contributed by atoms with van der Waals surface area (Å²) in [6.45, 7) is 2.86. The summed E-state index contributed by atoms with van der Waals surface area (Å²) in [6, 6.07) is 12.0. The Balaban J connectivity index is 2.21. The zero-order chi connectivity index (χ0) is 13.8. The largest absolute Gasteiger partial charge is 0.457 e. The highest BCUT2D eigenvalue weighted by Gasteiger charge is 2.05. The molecule has 1 N–H and O–H groups in total. The molecule has 0 radical (unpaired) electrons.